The third-order valence-electron chi connectivity index (χ3n) is 3.81. The molecule has 1 atom stereocenters. The van der Waals surface area contributed by atoms with E-state index in [4.69, 9.17) is 0 Å². The van der Waals surface area contributed by atoms with Crippen molar-refractivity contribution in [1.82, 2.24) is 19.3 Å². The lowest BCUT2D eigenvalue weighted by molar-refractivity contribution is 0.476. The van der Waals surface area contributed by atoms with Crippen molar-refractivity contribution in [2.45, 2.75) is 12.5 Å². The number of sulfonamides is 1. The van der Waals surface area contributed by atoms with Gasteiger partial charge in [-0.2, -0.15) is 0 Å². The molecule has 3 heterocycles. The number of rotatable bonds is 3. The quantitative estimate of drug-likeness (QED) is 0.888. The molecular weight excluding hydrogens is 278 g/mol. The van der Waals surface area contributed by atoms with E-state index >= 15 is 0 Å². The Morgan fingerprint density at radius 2 is 2.25 bits per heavy atom. The third-order valence-corrected chi connectivity index (χ3v) is 5.08. The Hall–Kier alpha value is -1.67. The summed E-state index contributed by atoms with van der Waals surface area (Å²) in [6.07, 6.45) is 5.41. The van der Waals surface area contributed by atoms with E-state index in [0.717, 1.165) is 23.3 Å². The summed E-state index contributed by atoms with van der Waals surface area (Å²) in [4.78, 5) is 13.6. The maximum Gasteiger partial charge on any atom is 0.211 e. The van der Waals surface area contributed by atoms with Gasteiger partial charge in [-0.1, -0.05) is 0 Å². The highest BCUT2D eigenvalue weighted by Gasteiger charge is 2.31. The van der Waals surface area contributed by atoms with Crippen LogP contribution in [0.5, 0.6) is 0 Å². The predicted octanol–water partition coefficient (Wildman–Crippen LogP) is 0.428. The number of fused-ring (bicyclic) bond motifs is 1. The fraction of sp³-hybridized carbons (Fsp3) is 0.500. The van der Waals surface area contributed by atoms with Gasteiger partial charge in [0.2, 0.25) is 10.0 Å². The first-order chi connectivity index (χ1) is 9.47. The summed E-state index contributed by atoms with van der Waals surface area (Å²) in [7, 11) is -1.17. The van der Waals surface area contributed by atoms with Gasteiger partial charge in [-0.15, -0.1) is 0 Å². The van der Waals surface area contributed by atoms with Gasteiger partial charge in [0.25, 0.3) is 0 Å². The van der Waals surface area contributed by atoms with Gasteiger partial charge in [0, 0.05) is 32.4 Å². The average Bonchev–Trinajstić information content (AvgIpc) is 3.05. The number of nitrogens with one attached hydrogen (secondary N) is 1. The first-order valence-corrected chi connectivity index (χ1v) is 8.27. The van der Waals surface area contributed by atoms with Crippen LogP contribution in [0.2, 0.25) is 0 Å². The highest BCUT2D eigenvalue weighted by Crippen LogP contribution is 2.26. The number of aromatic nitrogens is 3. The van der Waals surface area contributed by atoms with Crippen LogP contribution in [0, 0.1) is 0 Å². The van der Waals surface area contributed by atoms with Gasteiger partial charge in [0.05, 0.1) is 11.6 Å². The predicted molar refractivity (Wildman–Crippen MR) is 77.1 cm³/mol. The molecule has 1 aliphatic heterocycles. The fourth-order valence-corrected chi connectivity index (χ4v) is 3.52. The smallest absolute Gasteiger partial charge is 0.211 e. The molecule has 0 amide bonds. The van der Waals surface area contributed by atoms with E-state index in [1.54, 1.807) is 0 Å². The van der Waals surface area contributed by atoms with Gasteiger partial charge in [0.15, 0.2) is 0 Å². The third kappa shape index (κ3) is 2.25. The van der Waals surface area contributed by atoms with Crippen molar-refractivity contribution in [3.8, 4) is 0 Å². The molecule has 1 fully saturated rings. The van der Waals surface area contributed by atoms with Gasteiger partial charge in [-0.05, 0) is 12.5 Å². The zero-order valence-electron chi connectivity index (χ0n) is 11.4. The minimum absolute atomic E-state index is 0.137. The number of nitrogens with zero attached hydrogens (tertiary/aromatic N) is 4. The van der Waals surface area contributed by atoms with E-state index in [0.29, 0.717) is 13.1 Å². The number of H-pyrrole nitrogens is 1. The minimum Gasteiger partial charge on any atom is -0.355 e. The Labute approximate surface area is 117 Å². The maximum absolute atomic E-state index is 11.6. The molecule has 0 aliphatic carbocycles. The highest BCUT2D eigenvalue weighted by molar-refractivity contribution is 7.88. The SMILES string of the molecule is CN(c1ncnc2[nH]ccc12)C1CCN(S(C)(=O)=O)C1. The van der Waals surface area contributed by atoms with E-state index < -0.39 is 10.0 Å². The molecular formula is C12H17N5O2S. The molecule has 0 radical (unpaired) electrons. The maximum atomic E-state index is 11.6. The summed E-state index contributed by atoms with van der Waals surface area (Å²) in [5.74, 6) is 0.830. The van der Waals surface area contributed by atoms with Crippen LogP contribution in [0.15, 0.2) is 18.6 Å². The van der Waals surface area contributed by atoms with Crippen molar-refractivity contribution in [3.05, 3.63) is 18.6 Å². The summed E-state index contributed by atoms with van der Waals surface area (Å²) in [6.45, 7) is 1.07. The lowest BCUT2D eigenvalue weighted by Gasteiger charge is -2.25. The molecule has 0 bridgehead atoms. The van der Waals surface area contributed by atoms with Gasteiger partial charge in [-0.25, -0.2) is 22.7 Å². The van der Waals surface area contributed by atoms with Crippen molar-refractivity contribution < 1.29 is 8.42 Å². The lowest BCUT2D eigenvalue weighted by atomic mass is 10.2. The van der Waals surface area contributed by atoms with E-state index in [1.807, 2.05) is 24.2 Å². The Balaban J connectivity index is 1.87. The van der Waals surface area contributed by atoms with Gasteiger partial charge >= 0.3 is 0 Å². The first-order valence-electron chi connectivity index (χ1n) is 6.43. The van der Waals surface area contributed by atoms with Gasteiger partial charge in [0.1, 0.15) is 17.8 Å². The zero-order valence-corrected chi connectivity index (χ0v) is 12.3. The van der Waals surface area contributed by atoms with Crippen LogP contribution in [0.3, 0.4) is 0 Å². The van der Waals surface area contributed by atoms with Crippen molar-refractivity contribution in [2.75, 3.05) is 31.3 Å². The van der Waals surface area contributed by atoms with E-state index in [9.17, 15) is 8.42 Å². The Kier molecular flexibility index (Phi) is 3.14. The van der Waals surface area contributed by atoms with Crippen LogP contribution in [0.25, 0.3) is 11.0 Å². The molecule has 2 aromatic rings. The standard InChI is InChI=1S/C12H17N5O2S/c1-16(9-4-6-17(7-9)20(2,18)19)12-10-3-5-13-11(10)14-8-15-12/h3,5,8-9H,4,6-7H2,1-2H3,(H,13,14,15). The first kappa shape index (κ1) is 13.3. The van der Waals surface area contributed by atoms with E-state index in [1.165, 1.54) is 16.9 Å². The number of likely N-dealkylation sites (N-methyl/N-ethyl adjacent to an activating group) is 1. The normalized spacial score (nSPS) is 20.6. The molecule has 1 unspecified atom stereocenters. The lowest BCUT2D eigenvalue weighted by Crippen LogP contribution is -2.36. The molecule has 1 saturated heterocycles. The van der Waals surface area contributed by atoms with Crippen LogP contribution < -0.4 is 4.90 Å². The number of anilines is 1. The van der Waals surface area contributed by atoms with Crippen LogP contribution in [0.1, 0.15) is 6.42 Å². The summed E-state index contributed by atoms with van der Waals surface area (Å²) < 4.78 is 24.7. The minimum atomic E-state index is -3.12. The fourth-order valence-electron chi connectivity index (χ4n) is 2.64. The second-order valence-corrected chi connectivity index (χ2v) is 7.09. The van der Waals surface area contributed by atoms with Crippen molar-refractivity contribution in [1.29, 1.82) is 0 Å². The van der Waals surface area contributed by atoms with Gasteiger partial charge < -0.3 is 9.88 Å². The monoisotopic (exact) mass is 295 g/mol. The van der Waals surface area contributed by atoms with Crippen LogP contribution >= 0.6 is 0 Å². The highest BCUT2D eigenvalue weighted by atomic mass is 32.2. The Bertz CT molecular complexity index is 726. The average molecular weight is 295 g/mol. The summed E-state index contributed by atoms with van der Waals surface area (Å²) in [5, 5.41) is 0.952. The summed E-state index contributed by atoms with van der Waals surface area (Å²) in [5.41, 5.74) is 0.791. The summed E-state index contributed by atoms with van der Waals surface area (Å²) in [6, 6.07) is 2.07. The van der Waals surface area contributed by atoms with Crippen LogP contribution in [0.4, 0.5) is 5.82 Å². The van der Waals surface area contributed by atoms with Crippen LogP contribution in [-0.4, -0.2) is 60.1 Å². The second kappa shape index (κ2) is 4.71. The summed E-state index contributed by atoms with van der Waals surface area (Å²) >= 11 is 0. The molecule has 7 nitrogen and oxygen atoms in total. The van der Waals surface area contributed by atoms with Crippen molar-refractivity contribution in [2.24, 2.45) is 0 Å². The molecule has 1 aliphatic rings. The molecule has 2 aromatic heterocycles. The van der Waals surface area contributed by atoms with Crippen LogP contribution in [-0.2, 0) is 10.0 Å². The number of hydrogen-bond donors (Lipinski definition) is 1. The van der Waals surface area contributed by atoms with E-state index in [2.05, 4.69) is 15.0 Å². The molecule has 0 aromatic carbocycles. The Morgan fingerprint density at radius 1 is 1.45 bits per heavy atom. The second-order valence-electron chi connectivity index (χ2n) is 5.11. The van der Waals surface area contributed by atoms with Crippen molar-refractivity contribution >= 4 is 26.9 Å². The molecule has 1 N–H and O–H groups in total. The number of hydrogen-bond acceptors (Lipinski definition) is 5. The largest absolute Gasteiger partial charge is 0.355 e. The topological polar surface area (TPSA) is 82.2 Å². The number of aromatic amines is 1. The Morgan fingerprint density at radius 3 is 2.95 bits per heavy atom. The van der Waals surface area contributed by atoms with E-state index in [-0.39, 0.29) is 6.04 Å². The molecule has 8 heteroatoms. The zero-order chi connectivity index (χ0) is 14.3. The molecule has 0 spiro atoms. The van der Waals surface area contributed by atoms with Crippen molar-refractivity contribution in [3.63, 3.8) is 0 Å². The molecule has 20 heavy (non-hydrogen) atoms. The molecule has 0 saturated carbocycles. The molecule has 3 rings (SSSR count). The van der Waals surface area contributed by atoms with Gasteiger partial charge in [-0.3, -0.25) is 0 Å². The molecule has 108 valence electrons.